The van der Waals surface area contributed by atoms with Crippen molar-refractivity contribution in [3.8, 4) is 17.1 Å². The van der Waals surface area contributed by atoms with Crippen LogP contribution in [0, 0.1) is 0 Å². The first-order valence-corrected chi connectivity index (χ1v) is 10.4. The lowest BCUT2D eigenvalue weighted by Gasteiger charge is -2.22. The van der Waals surface area contributed by atoms with Gasteiger partial charge in [-0.2, -0.15) is 0 Å². The number of hydrogen-bond donors (Lipinski definition) is 1. The predicted octanol–water partition coefficient (Wildman–Crippen LogP) is 4.80. The molecule has 6 nitrogen and oxygen atoms in total. The van der Waals surface area contributed by atoms with Gasteiger partial charge in [0.2, 0.25) is 0 Å². The molecule has 1 saturated heterocycles. The lowest BCUT2D eigenvalue weighted by Crippen LogP contribution is -2.43. The van der Waals surface area contributed by atoms with Gasteiger partial charge in [-0.05, 0) is 42.8 Å². The van der Waals surface area contributed by atoms with Crippen LogP contribution in [0.3, 0.4) is 0 Å². The Morgan fingerprint density at radius 3 is 2.66 bits per heavy atom. The number of carboxylic acids is 1. The number of rotatable bonds is 8. The number of methoxy groups -OCH3 is 1. The van der Waals surface area contributed by atoms with Crippen LogP contribution >= 0.6 is 24.0 Å². The summed E-state index contributed by atoms with van der Waals surface area (Å²) in [6, 6.07) is 10.1. The molecule has 0 radical (unpaired) electrons. The average molecular weight is 432 g/mol. The summed E-state index contributed by atoms with van der Waals surface area (Å²) in [6.07, 6.45) is 3.52. The highest BCUT2D eigenvalue weighted by molar-refractivity contribution is 8.26. The number of nitrogens with zero attached hydrogens (tertiary/aromatic N) is 1. The summed E-state index contributed by atoms with van der Waals surface area (Å²) in [5.41, 5.74) is 0.878. The van der Waals surface area contributed by atoms with Crippen molar-refractivity contribution in [3.63, 3.8) is 0 Å². The first-order valence-electron chi connectivity index (χ1n) is 9.18. The predicted molar refractivity (Wildman–Crippen MR) is 117 cm³/mol. The summed E-state index contributed by atoms with van der Waals surface area (Å²) in [5, 5.41) is 9.53. The van der Waals surface area contributed by atoms with Crippen LogP contribution in [0.15, 0.2) is 45.7 Å². The fourth-order valence-corrected chi connectivity index (χ4v) is 4.32. The Labute approximate surface area is 178 Å². The number of carbonyl (C=O) groups excluding carboxylic acids is 1. The maximum atomic E-state index is 12.8. The molecule has 1 fully saturated rings. The van der Waals surface area contributed by atoms with Crippen LogP contribution in [0.1, 0.15) is 31.9 Å². The summed E-state index contributed by atoms with van der Waals surface area (Å²) in [6.45, 7) is 1.97. The number of hydrogen-bond acceptors (Lipinski definition) is 6. The van der Waals surface area contributed by atoms with Crippen LogP contribution in [-0.4, -0.2) is 39.4 Å². The number of amides is 1. The van der Waals surface area contributed by atoms with Gasteiger partial charge in [0, 0.05) is 11.6 Å². The van der Waals surface area contributed by atoms with Crippen molar-refractivity contribution in [2.75, 3.05) is 7.11 Å². The van der Waals surface area contributed by atoms with Crippen molar-refractivity contribution in [2.24, 2.45) is 0 Å². The molecule has 1 aliphatic heterocycles. The van der Waals surface area contributed by atoms with E-state index < -0.39 is 17.9 Å². The monoisotopic (exact) mass is 431 g/mol. The molecule has 0 spiro atoms. The maximum Gasteiger partial charge on any atom is 0.326 e. The number of unbranched alkanes of at least 4 members (excludes halogenated alkanes) is 1. The maximum absolute atomic E-state index is 12.8. The van der Waals surface area contributed by atoms with E-state index in [1.54, 1.807) is 19.3 Å². The first-order chi connectivity index (χ1) is 13.9. The molecule has 1 aromatic heterocycles. The fourth-order valence-electron chi connectivity index (χ4n) is 2.98. The Kier molecular flexibility index (Phi) is 6.76. The molecular formula is C21H21NO5S2. The van der Waals surface area contributed by atoms with E-state index >= 15 is 0 Å². The second kappa shape index (κ2) is 9.28. The number of aliphatic carboxylic acids is 1. The van der Waals surface area contributed by atoms with Gasteiger partial charge in [-0.1, -0.05) is 43.7 Å². The number of carboxylic acid groups (broad SMARTS) is 1. The van der Waals surface area contributed by atoms with Gasteiger partial charge in [-0.25, -0.2) is 4.79 Å². The molecule has 8 heteroatoms. The van der Waals surface area contributed by atoms with Crippen molar-refractivity contribution >= 4 is 46.3 Å². The average Bonchev–Trinajstić information content (AvgIpc) is 3.28. The number of thiocarbonyl (C=S) groups is 1. The Morgan fingerprint density at radius 1 is 1.31 bits per heavy atom. The number of ether oxygens (including phenoxy) is 1. The molecule has 1 N–H and O–H groups in total. The zero-order valence-corrected chi connectivity index (χ0v) is 17.7. The summed E-state index contributed by atoms with van der Waals surface area (Å²) in [5.74, 6) is 0.458. The van der Waals surface area contributed by atoms with E-state index in [0.717, 1.165) is 29.5 Å². The minimum absolute atomic E-state index is 0.256. The Hall–Kier alpha value is -2.58. The molecule has 3 rings (SSSR count). The van der Waals surface area contributed by atoms with E-state index in [4.69, 9.17) is 21.4 Å². The normalized spacial score (nSPS) is 16.5. The lowest BCUT2D eigenvalue weighted by atomic mass is 10.1. The van der Waals surface area contributed by atoms with Crippen molar-refractivity contribution in [1.29, 1.82) is 0 Å². The molecule has 2 heterocycles. The zero-order chi connectivity index (χ0) is 21.0. The van der Waals surface area contributed by atoms with Crippen molar-refractivity contribution in [2.45, 2.75) is 32.2 Å². The second-order valence-electron chi connectivity index (χ2n) is 6.48. The fraction of sp³-hybridized carbons (Fsp3) is 0.286. The highest BCUT2D eigenvalue weighted by atomic mass is 32.2. The second-order valence-corrected chi connectivity index (χ2v) is 8.15. The summed E-state index contributed by atoms with van der Waals surface area (Å²) in [4.78, 5) is 26.0. The zero-order valence-electron chi connectivity index (χ0n) is 16.1. The van der Waals surface area contributed by atoms with Crippen LogP contribution < -0.4 is 4.74 Å². The van der Waals surface area contributed by atoms with E-state index in [9.17, 15) is 14.7 Å². The Balaban J connectivity index is 1.80. The number of benzene rings is 1. The van der Waals surface area contributed by atoms with Gasteiger partial charge in [0.15, 0.2) is 0 Å². The van der Waals surface area contributed by atoms with E-state index in [1.807, 2.05) is 37.3 Å². The topological polar surface area (TPSA) is 80.0 Å². The first kappa shape index (κ1) is 21.1. The summed E-state index contributed by atoms with van der Waals surface area (Å²) in [7, 11) is 1.60. The standard InChI is InChI=1S/C21H21NO5S2/c1-3-4-5-16(20(24)25)22-19(23)18(29-21(22)28)12-15-10-11-17(27-15)13-6-8-14(26-2)9-7-13/h6-12,16H,3-5H2,1-2H3,(H,24,25). The van der Waals surface area contributed by atoms with Crippen LogP contribution in [0.5, 0.6) is 5.75 Å². The van der Waals surface area contributed by atoms with Gasteiger partial charge in [0.05, 0.1) is 12.0 Å². The molecule has 29 heavy (non-hydrogen) atoms. The summed E-state index contributed by atoms with van der Waals surface area (Å²) >= 11 is 6.38. The van der Waals surface area contributed by atoms with Crippen molar-refractivity contribution < 1.29 is 23.8 Å². The SMILES string of the molecule is CCCCC(C(=O)O)N1C(=O)C(=Cc2ccc(-c3ccc(OC)cc3)o2)SC1=S. The Morgan fingerprint density at radius 2 is 2.03 bits per heavy atom. The summed E-state index contributed by atoms with van der Waals surface area (Å²) < 4.78 is 11.2. The smallest absolute Gasteiger partial charge is 0.326 e. The molecule has 152 valence electrons. The molecule has 0 bridgehead atoms. The molecule has 1 aliphatic rings. The number of thioether (sulfide) groups is 1. The van der Waals surface area contributed by atoms with Crippen molar-refractivity contribution in [1.82, 2.24) is 4.90 Å². The van der Waals surface area contributed by atoms with Gasteiger partial charge >= 0.3 is 5.97 Å². The van der Waals surface area contributed by atoms with Crippen molar-refractivity contribution in [3.05, 3.63) is 47.1 Å². The largest absolute Gasteiger partial charge is 0.497 e. The molecule has 1 unspecified atom stereocenters. The highest BCUT2D eigenvalue weighted by Crippen LogP contribution is 2.36. The van der Waals surface area contributed by atoms with E-state index in [0.29, 0.717) is 29.3 Å². The minimum atomic E-state index is -1.05. The Bertz CT molecular complexity index is 948. The third-order valence-electron chi connectivity index (χ3n) is 4.53. The van der Waals surface area contributed by atoms with Crippen LogP contribution in [0.2, 0.25) is 0 Å². The number of carbonyl (C=O) groups is 2. The molecule has 0 saturated carbocycles. The van der Waals surface area contributed by atoms with Crippen LogP contribution in [0.4, 0.5) is 0 Å². The van der Waals surface area contributed by atoms with Gasteiger partial charge in [0.1, 0.15) is 27.6 Å². The van der Waals surface area contributed by atoms with Crippen LogP contribution in [0.25, 0.3) is 17.4 Å². The quantitative estimate of drug-likeness (QED) is 0.475. The molecule has 2 aromatic rings. The molecule has 1 amide bonds. The van der Waals surface area contributed by atoms with Gasteiger partial charge in [-0.3, -0.25) is 9.69 Å². The van der Waals surface area contributed by atoms with E-state index in [-0.39, 0.29) is 4.32 Å². The molecule has 1 aromatic carbocycles. The molecular weight excluding hydrogens is 410 g/mol. The third-order valence-corrected chi connectivity index (χ3v) is 5.86. The van der Waals surface area contributed by atoms with E-state index in [2.05, 4.69) is 0 Å². The minimum Gasteiger partial charge on any atom is -0.497 e. The lowest BCUT2D eigenvalue weighted by molar-refractivity contribution is -0.145. The van der Waals surface area contributed by atoms with Gasteiger partial charge in [-0.15, -0.1) is 0 Å². The molecule has 1 atom stereocenters. The molecule has 0 aliphatic carbocycles. The van der Waals surface area contributed by atoms with Crippen LogP contribution in [-0.2, 0) is 9.59 Å². The van der Waals surface area contributed by atoms with Gasteiger partial charge < -0.3 is 14.3 Å². The third kappa shape index (κ3) is 4.71. The van der Waals surface area contributed by atoms with Gasteiger partial charge in [0.25, 0.3) is 5.91 Å². The number of furan rings is 1. The highest BCUT2D eigenvalue weighted by Gasteiger charge is 2.40. The van der Waals surface area contributed by atoms with E-state index in [1.165, 1.54) is 4.90 Å².